The van der Waals surface area contributed by atoms with Crippen LogP contribution in [0.25, 0.3) is 4.96 Å². The van der Waals surface area contributed by atoms with Crippen LogP contribution in [0.3, 0.4) is 0 Å². The van der Waals surface area contributed by atoms with Crippen LogP contribution in [0.5, 0.6) is 5.75 Å². The SMILES string of the molecule is CC(C)Oc1ccc(CNC(=O)c2cc(=O)nc3sc(N4CCCC4)nn23)cc1. The molecular weight excluding hydrogens is 390 g/mol. The van der Waals surface area contributed by atoms with Crippen molar-refractivity contribution in [2.45, 2.75) is 39.3 Å². The Labute approximate surface area is 172 Å². The second kappa shape index (κ2) is 8.20. The van der Waals surface area contributed by atoms with E-state index >= 15 is 0 Å². The van der Waals surface area contributed by atoms with Gasteiger partial charge in [0.15, 0.2) is 0 Å². The van der Waals surface area contributed by atoms with Crippen molar-refractivity contribution >= 4 is 27.3 Å². The van der Waals surface area contributed by atoms with E-state index in [-0.39, 0.29) is 17.7 Å². The normalized spacial score (nSPS) is 14.0. The standard InChI is InChI=1S/C20H23N5O3S/c1-13(2)28-15-7-5-14(6-8-15)12-21-18(27)16-11-17(26)22-19-25(16)23-20(29-19)24-9-3-4-10-24/h5-8,11,13H,3-4,9-10,12H2,1-2H3,(H,21,27). The molecule has 1 fully saturated rings. The minimum Gasteiger partial charge on any atom is -0.491 e. The topological polar surface area (TPSA) is 88.8 Å². The summed E-state index contributed by atoms with van der Waals surface area (Å²) in [5.74, 6) is 0.426. The summed E-state index contributed by atoms with van der Waals surface area (Å²) in [6.45, 7) is 6.14. The highest BCUT2D eigenvalue weighted by Gasteiger charge is 2.20. The summed E-state index contributed by atoms with van der Waals surface area (Å²) >= 11 is 1.33. The molecule has 1 aliphatic heterocycles. The van der Waals surface area contributed by atoms with Gasteiger partial charge in [0, 0.05) is 25.7 Å². The van der Waals surface area contributed by atoms with E-state index in [1.54, 1.807) is 0 Å². The van der Waals surface area contributed by atoms with Gasteiger partial charge in [-0.1, -0.05) is 23.5 Å². The van der Waals surface area contributed by atoms with Crippen LogP contribution >= 0.6 is 11.3 Å². The van der Waals surface area contributed by atoms with Crippen molar-refractivity contribution in [1.29, 1.82) is 0 Å². The fourth-order valence-corrected chi connectivity index (χ4v) is 4.19. The maximum absolute atomic E-state index is 12.8. The van der Waals surface area contributed by atoms with Gasteiger partial charge in [-0.25, -0.2) is 0 Å². The Kier molecular flexibility index (Phi) is 5.48. The van der Waals surface area contributed by atoms with Crippen LogP contribution in [0.2, 0.25) is 0 Å². The molecule has 1 aromatic carbocycles. The summed E-state index contributed by atoms with van der Waals surface area (Å²) in [5, 5.41) is 8.18. The number of carbonyl (C=O) groups excluding carboxylic acids is 1. The molecule has 1 saturated heterocycles. The molecule has 4 rings (SSSR count). The first-order valence-electron chi connectivity index (χ1n) is 9.69. The van der Waals surface area contributed by atoms with Gasteiger partial charge in [-0.05, 0) is 44.4 Å². The van der Waals surface area contributed by atoms with E-state index in [1.807, 2.05) is 38.1 Å². The Hall–Kier alpha value is -2.94. The number of nitrogens with one attached hydrogen (secondary N) is 1. The van der Waals surface area contributed by atoms with Gasteiger partial charge < -0.3 is 15.0 Å². The molecule has 0 atom stereocenters. The van der Waals surface area contributed by atoms with E-state index in [2.05, 4.69) is 20.3 Å². The minimum atomic E-state index is -0.443. The number of fused-ring (bicyclic) bond motifs is 1. The molecule has 8 nitrogen and oxygen atoms in total. The lowest BCUT2D eigenvalue weighted by molar-refractivity contribution is 0.0943. The summed E-state index contributed by atoms with van der Waals surface area (Å²) in [7, 11) is 0. The van der Waals surface area contributed by atoms with E-state index in [1.165, 1.54) is 21.9 Å². The van der Waals surface area contributed by atoms with Gasteiger partial charge in [0.25, 0.3) is 11.5 Å². The summed E-state index contributed by atoms with van der Waals surface area (Å²) in [6, 6.07) is 8.79. The van der Waals surface area contributed by atoms with E-state index < -0.39 is 5.56 Å². The van der Waals surface area contributed by atoms with Crippen LogP contribution in [0.4, 0.5) is 5.13 Å². The van der Waals surface area contributed by atoms with E-state index in [0.717, 1.165) is 42.4 Å². The average molecular weight is 414 g/mol. The molecule has 0 radical (unpaired) electrons. The van der Waals surface area contributed by atoms with Crippen LogP contribution in [0.15, 0.2) is 35.1 Å². The van der Waals surface area contributed by atoms with Gasteiger partial charge in [0.1, 0.15) is 11.4 Å². The number of anilines is 1. The number of ether oxygens (including phenoxy) is 1. The largest absolute Gasteiger partial charge is 0.491 e. The maximum atomic E-state index is 12.8. The van der Waals surface area contributed by atoms with Crippen LogP contribution in [-0.2, 0) is 6.54 Å². The summed E-state index contributed by atoms with van der Waals surface area (Å²) < 4.78 is 7.09. The van der Waals surface area contributed by atoms with Gasteiger partial charge in [-0.3, -0.25) is 9.59 Å². The highest BCUT2D eigenvalue weighted by molar-refractivity contribution is 7.20. The molecule has 3 heterocycles. The van der Waals surface area contributed by atoms with E-state index in [0.29, 0.717) is 11.5 Å². The van der Waals surface area contributed by atoms with Gasteiger partial charge in [0.05, 0.1) is 6.10 Å². The third kappa shape index (κ3) is 4.40. The van der Waals surface area contributed by atoms with Crippen molar-refractivity contribution in [2.75, 3.05) is 18.0 Å². The van der Waals surface area contributed by atoms with Crippen molar-refractivity contribution in [2.24, 2.45) is 0 Å². The molecule has 0 saturated carbocycles. The lowest BCUT2D eigenvalue weighted by atomic mass is 10.2. The Balaban J connectivity index is 1.51. The number of nitrogens with zero attached hydrogens (tertiary/aromatic N) is 4. The fraction of sp³-hybridized carbons (Fsp3) is 0.400. The first kappa shape index (κ1) is 19.4. The lowest BCUT2D eigenvalue weighted by Gasteiger charge is -2.11. The van der Waals surface area contributed by atoms with Crippen molar-refractivity contribution in [3.05, 3.63) is 51.9 Å². The van der Waals surface area contributed by atoms with E-state index in [9.17, 15) is 9.59 Å². The molecule has 1 N–H and O–H groups in total. The Morgan fingerprint density at radius 2 is 1.97 bits per heavy atom. The van der Waals surface area contributed by atoms with Gasteiger partial charge >= 0.3 is 0 Å². The van der Waals surface area contributed by atoms with Crippen LogP contribution in [-0.4, -0.2) is 39.7 Å². The molecule has 0 unspecified atom stereocenters. The third-order valence-corrected chi connectivity index (χ3v) is 5.57. The van der Waals surface area contributed by atoms with Gasteiger partial charge in [-0.2, -0.15) is 9.50 Å². The molecule has 29 heavy (non-hydrogen) atoms. The number of benzene rings is 1. The molecule has 9 heteroatoms. The molecule has 0 spiro atoms. The fourth-order valence-electron chi connectivity index (χ4n) is 3.23. The van der Waals surface area contributed by atoms with Crippen molar-refractivity contribution in [3.8, 4) is 5.75 Å². The summed E-state index contributed by atoms with van der Waals surface area (Å²) in [6.07, 6.45) is 2.35. The second-order valence-corrected chi connectivity index (χ2v) is 8.18. The summed E-state index contributed by atoms with van der Waals surface area (Å²) in [5.41, 5.74) is 0.687. The van der Waals surface area contributed by atoms with E-state index in [4.69, 9.17) is 4.74 Å². The summed E-state index contributed by atoms with van der Waals surface area (Å²) in [4.78, 5) is 31.3. The molecule has 2 aromatic heterocycles. The molecule has 1 aliphatic rings. The first-order chi connectivity index (χ1) is 14.0. The molecule has 0 aliphatic carbocycles. The predicted molar refractivity (Wildman–Crippen MR) is 112 cm³/mol. The monoisotopic (exact) mass is 413 g/mol. The first-order valence-corrected chi connectivity index (χ1v) is 10.5. The van der Waals surface area contributed by atoms with Crippen LogP contribution in [0.1, 0.15) is 42.7 Å². The number of aromatic nitrogens is 3. The zero-order chi connectivity index (χ0) is 20.4. The lowest BCUT2D eigenvalue weighted by Crippen LogP contribution is -2.27. The number of hydrogen-bond acceptors (Lipinski definition) is 7. The molecule has 1 amide bonds. The number of amides is 1. The maximum Gasteiger partial charge on any atom is 0.274 e. The molecule has 152 valence electrons. The van der Waals surface area contributed by atoms with Crippen LogP contribution < -0.4 is 20.5 Å². The Morgan fingerprint density at radius 3 is 2.66 bits per heavy atom. The Morgan fingerprint density at radius 1 is 1.24 bits per heavy atom. The number of hydrogen-bond donors (Lipinski definition) is 1. The van der Waals surface area contributed by atoms with Crippen molar-refractivity contribution in [3.63, 3.8) is 0 Å². The van der Waals surface area contributed by atoms with Crippen molar-refractivity contribution < 1.29 is 9.53 Å². The minimum absolute atomic E-state index is 0.108. The van der Waals surface area contributed by atoms with Gasteiger partial charge in [0.2, 0.25) is 10.1 Å². The quantitative estimate of drug-likeness (QED) is 0.668. The van der Waals surface area contributed by atoms with Gasteiger partial charge in [-0.15, -0.1) is 5.10 Å². The molecule has 3 aromatic rings. The molecule has 0 bridgehead atoms. The zero-order valence-corrected chi connectivity index (χ0v) is 17.2. The Bertz CT molecular complexity index is 1070. The average Bonchev–Trinajstić information content (AvgIpc) is 3.35. The second-order valence-electron chi connectivity index (χ2n) is 7.25. The molecular formula is C20H23N5O3S. The smallest absolute Gasteiger partial charge is 0.274 e. The number of rotatable bonds is 6. The highest BCUT2D eigenvalue weighted by atomic mass is 32.1. The zero-order valence-electron chi connectivity index (χ0n) is 16.4. The van der Waals surface area contributed by atoms with Crippen molar-refractivity contribution in [1.82, 2.24) is 19.9 Å². The highest BCUT2D eigenvalue weighted by Crippen LogP contribution is 2.25. The predicted octanol–water partition coefficient (Wildman–Crippen LogP) is 2.47. The van der Waals surface area contributed by atoms with Crippen LogP contribution in [0, 0.1) is 0 Å². The third-order valence-electron chi connectivity index (χ3n) is 4.60. The number of carbonyl (C=O) groups is 1.